The molecule has 0 atom stereocenters. The van der Waals surface area contributed by atoms with Gasteiger partial charge in [-0.2, -0.15) is 4.98 Å². The predicted octanol–water partition coefficient (Wildman–Crippen LogP) is 1.49. The maximum absolute atomic E-state index is 5.09. The van der Waals surface area contributed by atoms with E-state index in [9.17, 15) is 0 Å². The van der Waals surface area contributed by atoms with Gasteiger partial charge in [0, 0.05) is 12.4 Å². The lowest BCUT2D eigenvalue weighted by molar-refractivity contribution is 0.614. The van der Waals surface area contributed by atoms with Crippen LogP contribution >= 0.6 is 0 Å². The van der Waals surface area contributed by atoms with Crippen LogP contribution < -0.4 is 0 Å². The third kappa shape index (κ3) is 0.556. The van der Waals surface area contributed by atoms with E-state index in [1.807, 2.05) is 0 Å². The summed E-state index contributed by atoms with van der Waals surface area (Å²) in [5, 5.41) is 0. The van der Waals surface area contributed by atoms with Crippen molar-refractivity contribution in [1.82, 2.24) is 9.97 Å². The maximum Gasteiger partial charge on any atom is 0.322 e. The fraction of sp³-hybridized carbons (Fsp3) is 0. The molecule has 0 aliphatic heterocycles. The Hall–Kier alpha value is -1.58. The average molecular weight is 135 g/mol. The molecule has 4 nitrogen and oxygen atoms in total. The summed E-state index contributed by atoms with van der Waals surface area (Å²) in [5.41, 5.74) is 1.49. The van der Waals surface area contributed by atoms with Crippen molar-refractivity contribution in [2.45, 2.75) is 0 Å². The summed E-state index contributed by atoms with van der Waals surface area (Å²) < 4.78 is 5.09. The number of rotatable bonds is 1. The average Bonchev–Trinajstić information content (AvgIpc) is 2.42. The summed E-state index contributed by atoms with van der Waals surface area (Å²) in [6, 6.07) is 0.319. The van der Waals surface area contributed by atoms with Crippen LogP contribution in [-0.2, 0) is 0 Å². The van der Waals surface area contributed by atoms with Gasteiger partial charge >= 0.3 is 6.01 Å². The second kappa shape index (κ2) is 1.70. The molecule has 1 N–H and O–H groups in total. The van der Waals surface area contributed by atoms with E-state index in [-0.39, 0.29) is 0 Å². The summed E-state index contributed by atoms with van der Waals surface area (Å²) in [6.45, 7) is 3.29. The highest BCUT2D eigenvalue weighted by Crippen LogP contribution is 2.18. The quantitative estimate of drug-likeness (QED) is 0.602. The zero-order chi connectivity index (χ0) is 6.97. The summed E-state index contributed by atoms with van der Waals surface area (Å²) in [7, 11) is 0. The van der Waals surface area contributed by atoms with Gasteiger partial charge in [0.05, 0.1) is 0 Å². The Morgan fingerprint density at radius 2 is 2.50 bits per heavy atom. The van der Waals surface area contributed by atoms with Gasteiger partial charge in [-0.1, -0.05) is 0 Å². The first-order chi connectivity index (χ1) is 4.90. The minimum atomic E-state index is 0.319. The molecule has 0 aliphatic rings. The molecular formula is C6H5N3O. The van der Waals surface area contributed by atoms with Gasteiger partial charge in [-0.05, 0) is 6.72 Å². The Morgan fingerprint density at radius 3 is 3.20 bits per heavy atom. The molecule has 2 rings (SSSR count). The van der Waals surface area contributed by atoms with E-state index in [1.54, 1.807) is 12.4 Å². The number of nitrogens with zero attached hydrogens (tertiary/aromatic N) is 2. The highest BCUT2D eigenvalue weighted by Gasteiger charge is 2.01. The van der Waals surface area contributed by atoms with E-state index in [1.165, 1.54) is 0 Å². The summed E-state index contributed by atoms with van der Waals surface area (Å²) in [6.07, 6.45) is 3.46. The van der Waals surface area contributed by atoms with Crippen molar-refractivity contribution < 1.29 is 4.42 Å². The van der Waals surface area contributed by atoms with Crippen LogP contribution in [0, 0.1) is 0 Å². The van der Waals surface area contributed by atoms with Crippen molar-refractivity contribution in [3.63, 3.8) is 0 Å². The van der Waals surface area contributed by atoms with Crippen molar-refractivity contribution >= 4 is 23.8 Å². The summed E-state index contributed by atoms with van der Waals surface area (Å²) in [4.78, 5) is 10.4. The monoisotopic (exact) mass is 135 g/mol. The van der Waals surface area contributed by atoms with Crippen LogP contribution in [0.3, 0.4) is 0 Å². The first-order valence-electron chi connectivity index (χ1n) is 2.80. The summed E-state index contributed by atoms with van der Waals surface area (Å²) in [5.74, 6) is 0. The van der Waals surface area contributed by atoms with Gasteiger partial charge < -0.3 is 9.40 Å². The molecule has 0 radical (unpaired) electrons. The molecule has 2 aromatic heterocycles. The van der Waals surface area contributed by atoms with Crippen molar-refractivity contribution in [2.75, 3.05) is 0 Å². The van der Waals surface area contributed by atoms with Gasteiger partial charge in [0.15, 0.2) is 5.58 Å². The van der Waals surface area contributed by atoms with E-state index in [4.69, 9.17) is 4.42 Å². The topological polar surface area (TPSA) is 54.2 Å². The van der Waals surface area contributed by atoms with Crippen LogP contribution in [0.1, 0.15) is 0 Å². The molecule has 0 saturated heterocycles. The number of oxazole rings is 1. The molecule has 0 bridgehead atoms. The number of hydrogen-bond acceptors (Lipinski definition) is 3. The fourth-order valence-corrected chi connectivity index (χ4v) is 0.802. The zero-order valence-electron chi connectivity index (χ0n) is 5.16. The molecule has 4 heteroatoms. The molecule has 0 unspecified atom stereocenters. The van der Waals surface area contributed by atoms with Crippen molar-refractivity contribution in [3.05, 3.63) is 12.4 Å². The number of hydrogen-bond donors (Lipinski definition) is 1. The van der Waals surface area contributed by atoms with Gasteiger partial charge in [-0.3, -0.25) is 0 Å². The van der Waals surface area contributed by atoms with E-state index < -0.39 is 0 Å². The summed E-state index contributed by atoms with van der Waals surface area (Å²) >= 11 is 0. The van der Waals surface area contributed by atoms with Crippen molar-refractivity contribution in [2.24, 2.45) is 4.99 Å². The van der Waals surface area contributed by atoms with Crippen LogP contribution in [0.2, 0.25) is 0 Å². The van der Waals surface area contributed by atoms with E-state index in [0.29, 0.717) is 11.6 Å². The molecule has 2 aromatic rings. The van der Waals surface area contributed by atoms with Crippen LogP contribution in [0.5, 0.6) is 0 Å². The number of nitrogens with one attached hydrogen (secondary N) is 1. The lowest BCUT2D eigenvalue weighted by atomic mass is 10.6. The molecule has 50 valence electrons. The fourth-order valence-electron chi connectivity index (χ4n) is 0.802. The molecule has 0 aliphatic carbocycles. The number of aliphatic imine (C=N–C) groups is 1. The molecular weight excluding hydrogens is 130 g/mol. The minimum Gasteiger partial charge on any atom is -0.420 e. The van der Waals surface area contributed by atoms with Crippen molar-refractivity contribution in [1.29, 1.82) is 0 Å². The zero-order valence-corrected chi connectivity index (χ0v) is 5.16. The Kier molecular flexibility index (Phi) is 0.887. The molecule has 10 heavy (non-hydrogen) atoms. The SMILES string of the molecule is C=Nc1nc2c[nH]cc2o1. The molecule has 0 amide bonds. The Balaban J connectivity index is 2.78. The number of aromatic nitrogens is 2. The first-order valence-corrected chi connectivity index (χ1v) is 2.80. The first kappa shape index (κ1) is 5.22. The highest BCUT2D eigenvalue weighted by atomic mass is 16.4. The molecule has 0 aromatic carbocycles. The number of H-pyrrole nitrogens is 1. The van der Waals surface area contributed by atoms with Crippen LogP contribution in [0.25, 0.3) is 11.1 Å². The van der Waals surface area contributed by atoms with Crippen LogP contribution in [0.4, 0.5) is 6.01 Å². The van der Waals surface area contributed by atoms with E-state index in [2.05, 4.69) is 21.7 Å². The second-order valence-electron chi connectivity index (χ2n) is 1.86. The lowest BCUT2D eigenvalue weighted by Gasteiger charge is -1.74. The Morgan fingerprint density at radius 1 is 1.60 bits per heavy atom. The van der Waals surface area contributed by atoms with Gasteiger partial charge in [-0.25, -0.2) is 4.99 Å². The Bertz CT molecular complexity index is 331. The van der Waals surface area contributed by atoms with Gasteiger partial charge in [0.1, 0.15) is 5.52 Å². The second-order valence-corrected chi connectivity index (χ2v) is 1.86. The standard InChI is InChI=1S/C6H5N3O/c1-7-6-9-4-2-8-3-5(4)10-6/h2-3,8H,1H2. The molecule has 0 fully saturated rings. The number of fused-ring (bicyclic) bond motifs is 1. The van der Waals surface area contributed by atoms with Gasteiger partial charge in [0.25, 0.3) is 0 Å². The predicted molar refractivity (Wildman–Crippen MR) is 37.6 cm³/mol. The molecule has 0 saturated carbocycles. The molecule has 0 spiro atoms. The lowest BCUT2D eigenvalue weighted by Crippen LogP contribution is -1.58. The minimum absolute atomic E-state index is 0.319. The van der Waals surface area contributed by atoms with Gasteiger partial charge in [-0.15, -0.1) is 0 Å². The number of aromatic amines is 1. The maximum atomic E-state index is 5.09. The van der Waals surface area contributed by atoms with Crippen molar-refractivity contribution in [3.8, 4) is 0 Å². The largest absolute Gasteiger partial charge is 0.420 e. The molecule has 2 heterocycles. The van der Waals surface area contributed by atoms with Gasteiger partial charge in [0.2, 0.25) is 0 Å². The highest BCUT2D eigenvalue weighted by molar-refractivity contribution is 5.73. The van der Waals surface area contributed by atoms with E-state index >= 15 is 0 Å². The third-order valence-electron chi connectivity index (χ3n) is 1.24. The van der Waals surface area contributed by atoms with E-state index in [0.717, 1.165) is 5.52 Å². The third-order valence-corrected chi connectivity index (χ3v) is 1.24. The smallest absolute Gasteiger partial charge is 0.322 e. The normalized spacial score (nSPS) is 10.4. The van der Waals surface area contributed by atoms with Crippen LogP contribution in [-0.4, -0.2) is 16.7 Å². The van der Waals surface area contributed by atoms with Crippen LogP contribution in [0.15, 0.2) is 21.8 Å². The Labute approximate surface area is 56.6 Å².